The number of nitrogens with zero attached hydrogens (tertiary/aromatic N) is 2. The lowest BCUT2D eigenvalue weighted by atomic mass is 10.1. The Bertz CT molecular complexity index is 531. The third-order valence-electron chi connectivity index (χ3n) is 4.45. The summed E-state index contributed by atoms with van der Waals surface area (Å²) in [5.41, 5.74) is 0. The topological polar surface area (TPSA) is 72.2 Å². The first-order valence-electron chi connectivity index (χ1n) is 8.54. The third kappa shape index (κ3) is 4.36. The summed E-state index contributed by atoms with van der Waals surface area (Å²) in [6.07, 6.45) is 4.88. The summed E-state index contributed by atoms with van der Waals surface area (Å²) in [6, 6.07) is 3.35. The van der Waals surface area contributed by atoms with Gasteiger partial charge in [0.2, 0.25) is 5.91 Å². The molecule has 0 aromatic carbocycles. The van der Waals surface area contributed by atoms with E-state index in [0.717, 1.165) is 25.9 Å². The molecule has 2 fully saturated rings. The molecule has 3 heterocycles. The van der Waals surface area contributed by atoms with E-state index in [4.69, 9.17) is 13.9 Å². The van der Waals surface area contributed by atoms with Crippen molar-refractivity contribution in [3.8, 4) is 0 Å². The van der Waals surface area contributed by atoms with Crippen LogP contribution in [0.15, 0.2) is 22.8 Å². The van der Waals surface area contributed by atoms with Crippen molar-refractivity contribution in [1.29, 1.82) is 0 Å². The SMILES string of the molecule is O=C(COC[C@@H]1CCCCO1)N1CCN(C(=O)c2ccco2)CC1. The van der Waals surface area contributed by atoms with Crippen LogP contribution >= 0.6 is 0 Å². The first-order chi connectivity index (χ1) is 11.7. The molecule has 3 rings (SSSR count). The second-order valence-corrected chi connectivity index (χ2v) is 6.15. The molecule has 7 nitrogen and oxygen atoms in total. The molecular formula is C17H24N2O5. The monoisotopic (exact) mass is 336 g/mol. The molecule has 0 unspecified atom stereocenters. The lowest BCUT2D eigenvalue weighted by Gasteiger charge is -2.34. The van der Waals surface area contributed by atoms with Gasteiger partial charge in [-0.3, -0.25) is 9.59 Å². The highest BCUT2D eigenvalue weighted by atomic mass is 16.5. The fourth-order valence-corrected chi connectivity index (χ4v) is 3.02. The van der Waals surface area contributed by atoms with E-state index in [1.807, 2.05) is 0 Å². The summed E-state index contributed by atoms with van der Waals surface area (Å²) in [6.45, 7) is 3.40. The summed E-state index contributed by atoms with van der Waals surface area (Å²) in [5, 5.41) is 0. The number of carbonyl (C=O) groups excluding carboxylic acids is 2. The van der Waals surface area contributed by atoms with Gasteiger partial charge in [-0.2, -0.15) is 0 Å². The van der Waals surface area contributed by atoms with Crippen LogP contribution in [0.5, 0.6) is 0 Å². The number of ether oxygens (including phenoxy) is 2. The van der Waals surface area contributed by atoms with Gasteiger partial charge >= 0.3 is 0 Å². The standard InChI is InChI=1S/C17H24N2O5/c20-16(13-22-12-14-4-1-2-10-23-14)18-6-8-19(9-7-18)17(21)15-5-3-11-24-15/h3,5,11,14H,1-2,4,6-10,12-13H2/t14-/m0/s1. The smallest absolute Gasteiger partial charge is 0.289 e. The predicted molar refractivity (Wildman–Crippen MR) is 85.6 cm³/mol. The van der Waals surface area contributed by atoms with Crippen molar-refractivity contribution in [2.45, 2.75) is 25.4 Å². The minimum Gasteiger partial charge on any atom is -0.459 e. The normalized spacial score (nSPS) is 21.8. The highest BCUT2D eigenvalue weighted by Crippen LogP contribution is 2.13. The van der Waals surface area contributed by atoms with Crippen LogP contribution in [0.2, 0.25) is 0 Å². The van der Waals surface area contributed by atoms with Crippen molar-refractivity contribution in [2.24, 2.45) is 0 Å². The van der Waals surface area contributed by atoms with Crippen molar-refractivity contribution >= 4 is 11.8 Å². The molecule has 2 aliphatic heterocycles. The van der Waals surface area contributed by atoms with E-state index in [-0.39, 0.29) is 24.5 Å². The van der Waals surface area contributed by atoms with Crippen LogP contribution in [0, 0.1) is 0 Å². The average molecular weight is 336 g/mol. The first kappa shape index (κ1) is 17.0. The second kappa shape index (κ2) is 8.30. The number of rotatable bonds is 5. The highest BCUT2D eigenvalue weighted by Gasteiger charge is 2.26. The van der Waals surface area contributed by atoms with Gasteiger partial charge in [0.15, 0.2) is 5.76 Å². The number of amides is 2. The molecule has 24 heavy (non-hydrogen) atoms. The molecule has 0 aliphatic carbocycles. The van der Waals surface area contributed by atoms with Crippen LogP contribution in [-0.2, 0) is 14.3 Å². The van der Waals surface area contributed by atoms with Gasteiger partial charge in [0.05, 0.1) is 19.0 Å². The number of carbonyl (C=O) groups is 2. The van der Waals surface area contributed by atoms with Crippen molar-refractivity contribution < 1.29 is 23.5 Å². The van der Waals surface area contributed by atoms with Crippen LogP contribution in [0.3, 0.4) is 0 Å². The Morgan fingerprint density at radius 1 is 1.17 bits per heavy atom. The van der Waals surface area contributed by atoms with Gasteiger partial charge in [0, 0.05) is 32.8 Å². The minimum atomic E-state index is -0.127. The van der Waals surface area contributed by atoms with E-state index < -0.39 is 0 Å². The van der Waals surface area contributed by atoms with Crippen molar-refractivity contribution in [1.82, 2.24) is 9.80 Å². The maximum atomic E-state index is 12.2. The van der Waals surface area contributed by atoms with E-state index in [1.54, 1.807) is 21.9 Å². The molecule has 0 radical (unpaired) electrons. The van der Waals surface area contributed by atoms with Gasteiger partial charge in [-0.05, 0) is 31.4 Å². The van der Waals surface area contributed by atoms with Crippen LogP contribution in [-0.4, -0.2) is 73.7 Å². The quantitative estimate of drug-likeness (QED) is 0.806. The van der Waals surface area contributed by atoms with Gasteiger partial charge < -0.3 is 23.7 Å². The molecule has 132 valence electrons. The molecule has 0 saturated carbocycles. The Hall–Kier alpha value is -1.86. The molecule has 7 heteroatoms. The van der Waals surface area contributed by atoms with Gasteiger partial charge in [-0.15, -0.1) is 0 Å². The first-order valence-corrected chi connectivity index (χ1v) is 8.54. The fraction of sp³-hybridized carbons (Fsp3) is 0.647. The number of piperazine rings is 1. The number of hydrogen-bond acceptors (Lipinski definition) is 5. The predicted octanol–water partition coefficient (Wildman–Crippen LogP) is 1.15. The van der Waals surface area contributed by atoms with Crippen molar-refractivity contribution in [3.63, 3.8) is 0 Å². The summed E-state index contributed by atoms with van der Waals surface area (Å²) in [5.74, 6) is 0.180. The Morgan fingerprint density at radius 2 is 1.96 bits per heavy atom. The largest absolute Gasteiger partial charge is 0.459 e. The zero-order chi connectivity index (χ0) is 16.8. The van der Waals surface area contributed by atoms with E-state index in [9.17, 15) is 9.59 Å². The van der Waals surface area contributed by atoms with Gasteiger partial charge in [-0.25, -0.2) is 0 Å². The van der Waals surface area contributed by atoms with Gasteiger partial charge in [0.1, 0.15) is 6.61 Å². The number of hydrogen-bond donors (Lipinski definition) is 0. The lowest BCUT2D eigenvalue weighted by Crippen LogP contribution is -2.51. The Morgan fingerprint density at radius 3 is 2.62 bits per heavy atom. The van der Waals surface area contributed by atoms with E-state index >= 15 is 0 Å². The number of furan rings is 1. The van der Waals surface area contributed by atoms with Crippen LogP contribution in [0.1, 0.15) is 29.8 Å². The summed E-state index contributed by atoms with van der Waals surface area (Å²) in [7, 11) is 0. The molecule has 2 aliphatic rings. The van der Waals surface area contributed by atoms with Crippen molar-refractivity contribution in [3.05, 3.63) is 24.2 Å². The molecule has 0 bridgehead atoms. The van der Waals surface area contributed by atoms with Gasteiger partial charge in [-0.1, -0.05) is 0 Å². The fourth-order valence-electron chi connectivity index (χ4n) is 3.02. The van der Waals surface area contributed by atoms with E-state index in [1.165, 1.54) is 6.26 Å². The highest BCUT2D eigenvalue weighted by molar-refractivity contribution is 5.91. The molecule has 1 atom stereocenters. The lowest BCUT2D eigenvalue weighted by molar-refractivity contribution is -0.139. The molecule has 1 aromatic heterocycles. The summed E-state index contributed by atoms with van der Waals surface area (Å²) in [4.78, 5) is 27.8. The molecule has 0 spiro atoms. The zero-order valence-corrected chi connectivity index (χ0v) is 13.8. The van der Waals surface area contributed by atoms with Crippen LogP contribution in [0.4, 0.5) is 0 Å². The van der Waals surface area contributed by atoms with Gasteiger partial charge in [0.25, 0.3) is 5.91 Å². The molecule has 0 N–H and O–H groups in total. The van der Waals surface area contributed by atoms with Crippen LogP contribution < -0.4 is 0 Å². The van der Waals surface area contributed by atoms with E-state index in [0.29, 0.717) is 38.5 Å². The second-order valence-electron chi connectivity index (χ2n) is 6.15. The van der Waals surface area contributed by atoms with Crippen LogP contribution in [0.25, 0.3) is 0 Å². The zero-order valence-electron chi connectivity index (χ0n) is 13.8. The molecule has 2 saturated heterocycles. The minimum absolute atomic E-state index is 0.0316. The Kier molecular flexibility index (Phi) is 5.87. The maximum Gasteiger partial charge on any atom is 0.289 e. The molecule has 2 amide bonds. The molecule has 1 aromatic rings. The third-order valence-corrected chi connectivity index (χ3v) is 4.45. The Balaban J connectivity index is 1.36. The summed E-state index contributed by atoms with van der Waals surface area (Å²) >= 11 is 0. The van der Waals surface area contributed by atoms with Crippen molar-refractivity contribution in [2.75, 3.05) is 46.0 Å². The maximum absolute atomic E-state index is 12.2. The van der Waals surface area contributed by atoms with E-state index in [2.05, 4.69) is 0 Å². The molecular weight excluding hydrogens is 312 g/mol. The average Bonchev–Trinajstić information content (AvgIpc) is 3.17. The summed E-state index contributed by atoms with van der Waals surface area (Å²) < 4.78 is 16.2. The Labute approximate surface area is 141 Å².